The highest BCUT2D eigenvalue weighted by Crippen LogP contribution is 2.48. The molecule has 3 aromatic heterocycles. The number of nitrogens with zero attached hydrogens (tertiary/aromatic N) is 7. The Labute approximate surface area is 394 Å². The third kappa shape index (κ3) is 10.9. The zero-order valence-electron chi connectivity index (χ0n) is 37.5. The van der Waals surface area contributed by atoms with E-state index >= 15 is 0 Å². The number of fused-ring (bicyclic) bond motifs is 1. The Morgan fingerprint density at radius 1 is 0.894 bits per heavy atom. The van der Waals surface area contributed by atoms with Crippen LogP contribution < -0.4 is 18.9 Å². The molecule has 1 N–H and O–H groups in total. The van der Waals surface area contributed by atoms with Gasteiger partial charge in [-0.05, 0) is 97.5 Å². The van der Waals surface area contributed by atoms with E-state index in [1.54, 1.807) is 12.3 Å². The molecular weight excluding hydrogens is 878 g/mol. The van der Waals surface area contributed by atoms with Crippen molar-refractivity contribution >= 4 is 39.2 Å². The van der Waals surface area contributed by atoms with Crippen LogP contribution in [0, 0.1) is 6.92 Å². The summed E-state index contributed by atoms with van der Waals surface area (Å²) in [5.41, 5.74) is 5.78. The third-order valence-corrected chi connectivity index (χ3v) is 14.0. The molecule has 16 heteroatoms. The van der Waals surface area contributed by atoms with E-state index in [9.17, 15) is 9.90 Å². The molecule has 1 aliphatic carbocycles. The average Bonchev–Trinajstić information content (AvgIpc) is 3.73. The number of morpholine rings is 1. The summed E-state index contributed by atoms with van der Waals surface area (Å²) in [6.07, 6.45) is 5.45. The molecule has 0 spiro atoms. The van der Waals surface area contributed by atoms with Gasteiger partial charge >= 0.3 is 5.97 Å². The summed E-state index contributed by atoms with van der Waals surface area (Å²) in [5, 5.41) is 11.9. The first-order chi connectivity index (χ1) is 32.3. The number of aliphatic carboxylic acids is 1. The Kier molecular flexibility index (Phi) is 14.9. The molecule has 6 aromatic rings. The molecule has 0 amide bonds. The molecule has 346 valence electrons. The number of halogens is 1. The van der Waals surface area contributed by atoms with Gasteiger partial charge in [-0.2, -0.15) is 4.37 Å². The molecule has 0 radical (unpaired) electrons. The molecule has 1 atom stereocenters. The molecule has 2 saturated heterocycles. The fourth-order valence-electron chi connectivity index (χ4n) is 8.58. The van der Waals surface area contributed by atoms with Crippen molar-refractivity contribution < 1.29 is 33.6 Å². The number of carboxylic acids is 1. The number of hydrogen-bond donors (Lipinski definition) is 1. The Hall–Kier alpha value is -5.42. The van der Waals surface area contributed by atoms with Crippen molar-refractivity contribution in [2.45, 2.75) is 51.2 Å². The standard InChI is InChI=1S/C50H56ClN7O7S/c1-33-39(14-15-41(46(33)51)63-29-25-57-20-18-56(2)19-21-57)44-45-43(31-53-47(44)34-7-5-8-34)66-55-49(45)65-42(50(59)60)30-36-6-3-4-9-40(36)64-32-37-16-17-52-48(54-37)35-10-12-38(13-11-35)62-28-24-58-22-26-61-27-23-58/h3-4,6,9-17,31,34,42H,5,7-8,18-30,32H2,1-2H3,(H,59,60). The van der Waals surface area contributed by atoms with Gasteiger partial charge in [0, 0.05) is 88.2 Å². The quantitative estimate of drug-likeness (QED) is 0.0837. The van der Waals surface area contributed by atoms with E-state index in [4.69, 9.17) is 49.6 Å². The summed E-state index contributed by atoms with van der Waals surface area (Å²) in [7, 11) is 2.15. The predicted molar refractivity (Wildman–Crippen MR) is 255 cm³/mol. The van der Waals surface area contributed by atoms with Gasteiger partial charge in [0.25, 0.3) is 0 Å². The lowest BCUT2D eigenvalue weighted by Gasteiger charge is -2.32. The van der Waals surface area contributed by atoms with Gasteiger partial charge in [-0.3, -0.25) is 14.8 Å². The van der Waals surface area contributed by atoms with Crippen molar-refractivity contribution in [3.63, 3.8) is 0 Å². The molecule has 66 heavy (non-hydrogen) atoms. The van der Waals surface area contributed by atoms with Crippen LogP contribution in [0.2, 0.25) is 5.02 Å². The van der Waals surface area contributed by atoms with Gasteiger partial charge < -0.3 is 33.7 Å². The number of benzene rings is 3. The van der Waals surface area contributed by atoms with Gasteiger partial charge in [0.1, 0.15) is 37.1 Å². The van der Waals surface area contributed by atoms with Gasteiger partial charge in [-0.25, -0.2) is 14.8 Å². The van der Waals surface area contributed by atoms with Gasteiger partial charge in [-0.1, -0.05) is 42.3 Å². The SMILES string of the molecule is Cc1c(-c2c(C3CCC3)ncc3snc(OC(Cc4ccccc4OCc4ccnc(-c5ccc(OCCN6CCOCC6)cc5)n4)C(=O)O)c23)ccc(OCCN2CCN(C)CC2)c1Cl. The number of aromatic nitrogens is 4. The molecule has 5 heterocycles. The number of carbonyl (C=O) groups is 1. The number of carboxylic acid groups (broad SMARTS) is 1. The summed E-state index contributed by atoms with van der Waals surface area (Å²) in [4.78, 5) is 34.4. The lowest BCUT2D eigenvalue weighted by atomic mass is 9.79. The molecule has 3 fully saturated rings. The van der Waals surface area contributed by atoms with Crippen molar-refractivity contribution in [2.75, 3.05) is 85.8 Å². The van der Waals surface area contributed by atoms with Gasteiger partial charge in [0.15, 0.2) is 5.82 Å². The zero-order valence-corrected chi connectivity index (χ0v) is 39.1. The number of piperazine rings is 1. The number of para-hydroxylation sites is 1. The largest absolute Gasteiger partial charge is 0.492 e. The van der Waals surface area contributed by atoms with Crippen molar-refractivity contribution in [2.24, 2.45) is 0 Å². The monoisotopic (exact) mass is 933 g/mol. The van der Waals surface area contributed by atoms with Gasteiger partial charge in [0.2, 0.25) is 12.0 Å². The predicted octanol–water partition coefficient (Wildman–Crippen LogP) is 8.04. The Morgan fingerprint density at radius 3 is 2.41 bits per heavy atom. The lowest BCUT2D eigenvalue weighted by Crippen LogP contribution is -2.45. The van der Waals surface area contributed by atoms with Crippen molar-refractivity contribution in [1.82, 2.24) is 34.0 Å². The summed E-state index contributed by atoms with van der Waals surface area (Å²) in [5.74, 6) is 1.91. The fourth-order valence-corrected chi connectivity index (χ4v) is 9.50. The molecule has 0 bridgehead atoms. The van der Waals surface area contributed by atoms with Crippen LogP contribution in [0.1, 0.15) is 47.7 Å². The minimum atomic E-state index is -1.27. The Balaban J connectivity index is 0.893. The molecule has 9 rings (SSSR count). The molecule has 2 aliphatic heterocycles. The van der Waals surface area contributed by atoms with E-state index in [-0.39, 0.29) is 24.8 Å². The zero-order chi connectivity index (χ0) is 45.4. The minimum Gasteiger partial charge on any atom is -0.492 e. The first kappa shape index (κ1) is 45.7. The van der Waals surface area contributed by atoms with Gasteiger partial charge in [-0.15, -0.1) is 0 Å². The number of hydrogen-bond acceptors (Lipinski definition) is 14. The van der Waals surface area contributed by atoms with Crippen LogP contribution in [0.15, 0.2) is 79.1 Å². The molecule has 1 saturated carbocycles. The molecule has 14 nitrogen and oxygen atoms in total. The summed E-state index contributed by atoms with van der Waals surface area (Å²) >= 11 is 8.33. The minimum absolute atomic E-state index is 0.0291. The van der Waals surface area contributed by atoms with Crippen molar-refractivity contribution in [3.05, 3.63) is 107 Å². The van der Waals surface area contributed by atoms with Crippen LogP contribution in [-0.4, -0.2) is 137 Å². The average molecular weight is 935 g/mol. The van der Waals surface area contributed by atoms with Crippen LogP contribution >= 0.6 is 23.1 Å². The van der Waals surface area contributed by atoms with E-state index in [0.717, 1.165) is 129 Å². The van der Waals surface area contributed by atoms with E-state index < -0.39 is 12.1 Å². The second kappa shape index (κ2) is 21.5. The van der Waals surface area contributed by atoms with Crippen molar-refractivity contribution in [3.8, 4) is 45.6 Å². The Bertz CT molecular complexity index is 2600. The summed E-state index contributed by atoms with van der Waals surface area (Å²) < 4.78 is 36.0. The van der Waals surface area contributed by atoms with Gasteiger partial charge in [0.05, 0.1) is 39.7 Å². The summed E-state index contributed by atoms with van der Waals surface area (Å²) in [6.45, 7) is 12.5. The molecular formula is C50H56ClN7O7S. The first-order valence-electron chi connectivity index (χ1n) is 22.8. The molecule has 3 aromatic carbocycles. The highest BCUT2D eigenvalue weighted by Gasteiger charge is 2.31. The number of rotatable bonds is 19. The first-order valence-corrected chi connectivity index (χ1v) is 24.0. The number of likely N-dealkylation sites (N-methyl/N-ethyl adjacent to an activating group) is 1. The van der Waals surface area contributed by atoms with Crippen LogP contribution in [0.4, 0.5) is 0 Å². The maximum absolute atomic E-state index is 13.0. The third-order valence-electron chi connectivity index (χ3n) is 12.8. The van der Waals surface area contributed by atoms with E-state index in [2.05, 4.69) is 26.7 Å². The maximum Gasteiger partial charge on any atom is 0.345 e. The normalized spacial score (nSPS) is 16.8. The highest BCUT2D eigenvalue weighted by atomic mass is 35.5. The van der Waals surface area contributed by atoms with Crippen LogP contribution in [0.3, 0.4) is 0 Å². The van der Waals surface area contributed by atoms with Crippen molar-refractivity contribution in [1.29, 1.82) is 0 Å². The number of pyridine rings is 1. The van der Waals surface area contributed by atoms with Crippen LogP contribution in [0.25, 0.3) is 32.6 Å². The lowest BCUT2D eigenvalue weighted by molar-refractivity contribution is -0.145. The van der Waals surface area contributed by atoms with E-state index in [0.29, 0.717) is 46.8 Å². The highest BCUT2D eigenvalue weighted by molar-refractivity contribution is 7.13. The number of ether oxygens (including phenoxy) is 5. The topological polar surface area (TPSA) is 145 Å². The smallest absolute Gasteiger partial charge is 0.345 e. The second-order valence-corrected chi connectivity index (χ2v) is 18.3. The fraction of sp³-hybridized carbons (Fsp3) is 0.420. The summed E-state index contributed by atoms with van der Waals surface area (Å²) in [6, 6.07) is 20.9. The van der Waals surface area contributed by atoms with E-state index in [1.165, 1.54) is 11.5 Å². The van der Waals surface area contributed by atoms with Crippen LogP contribution in [0.5, 0.6) is 23.1 Å². The molecule has 3 aliphatic rings. The second-order valence-electron chi connectivity index (χ2n) is 17.2. The molecule has 1 unspecified atom stereocenters. The van der Waals surface area contributed by atoms with Crippen LogP contribution in [-0.2, 0) is 22.6 Å². The maximum atomic E-state index is 13.0. The Morgan fingerprint density at radius 2 is 1.65 bits per heavy atom. The van der Waals surface area contributed by atoms with E-state index in [1.807, 2.05) is 73.8 Å².